The first-order chi connectivity index (χ1) is 13.3. The zero-order chi connectivity index (χ0) is 20.4. The first-order valence-electron chi connectivity index (χ1n) is 8.89. The fourth-order valence-electron chi connectivity index (χ4n) is 3.29. The maximum Gasteiger partial charge on any atom is 0.261 e. The van der Waals surface area contributed by atoms with E-state index in [-0.39, 0.29) is 29.4 Å². The molecule has 1 N–H and O–H groups in total. The number of carbonyl (C=O) groups is 2. The van der Waals surface area contributed by atoms with E-state index in [4.69, 9.17) is 9.26 Å². The van der Waals surface area contributed by atoms with Crippen molar-refractivity contribution >= 4 is 17.6 Å². The van der Waals surface area contributed by atoms with Gasteiger partial charge in [-0.05, 0) is 24.6 Å². The van der Waals surface area contributed by atoms with Gasteiger partial charge in [0.1, 0.15) is 5.56 Å². The summed E-state index contributed by atoms with van der Waals surface area (Å²) in [5.74, 6) is -0.218. The predicted octanol–water partition coefficient (Wildman–Crippen LogP) is 1.91. The molecule has 0 spiro atoms. The van der Waals surface area contributed by atoms with Crippen molar-refractivity contribution in [1.29, 1.82) is 0 Å². The fraction of sp³-hybridized carbons (Fsp3) is 0.421. The van der Waals surface area contributed by atoms with E-state index in [2.05, 4.69) is 10.5 Å². The van der Waals surface area contributed by atoms with E-state index in [9.17, 15) is 14.0 Å². The van der Waals surface area contributed by atoms with Crippen LogP contribution >= 0.6 is 0 Å². The van der Waals surface area contributed by atoms with Crippen molar-refractivity contribution in [2.24, 2.45) is 0 Å². The summed E-state index contributed by atoms with van der Waals surface area (Å²) in [6.45, 7) is 2.37. The summed E-state index contributed by atoms with van der Waals surface area (Å²) in [6, 6.07) is 4.15. The number of halogens is 1. The number of amides is 2. The molecular weight excluding hydrogens is 367 g/mol. The topological polar surface area (TPSA) is 87.9 Å². The van der Waals surface area contributed by atoms with Crippen molar-refractivity contribution in [3.8, 4) is 17.1 Å². The molecule has 2 heterocycles. The molecular formula is C19H23FN4O4. The average molecular weight is 390 g/mol. The highest BCUT2D eigenvalue weighted by Gasteiger charge is 2.33. The Labute approximate surface area is 162 Å². The monoisotopic (exact) mass is 390 g/mol. The lowest BCUT2D eigenvalue weighted by molar-refractivity contribution is -0.119. The van der Waals surface area contributed by atoms with Gasteiger partial charge in [-0.25, -0.2) is 4.39 Å². The zero-order valence-corrected chi connectivity index (χ0v) is 16.3. The molecule has 2 amide bonds. The molecule has 3 rings (SSSR count). The number of ether oxygens (including phenoxy) is 1. The molecule has 1 atom stereocenters. The minimum atomic E-state index is -0.510. The van der Waals surface area contributed by atoms with Gasteiger partial charge in [-0.1, -0.05) is 5.16 Å². The Morgan fingerprint density at radius 1 is 1.39 bits per heavy atom. The summed E-state index contributed by atoms with van der Waals surface area (Å²) in [5.41, 5.74) is 0.780. The Kier molecular flexibility index (Phi) is 5.53. The van der Waals surface area contributed by atoms with Crippen LogP contribution in [0.15, 0.2) is 22.7 Å². The van der Waals surface area contributed by atoms with Crippen LogP contribution in [-0.4, -0.2) is 62.2 Å². The fourth-order valence-corrected chi connectivity index (χ4v) is 3.29. The van der Waals surface area contributed by atoms with Gasteiger partial charge < -0.3 is 24.4 Å². The van der Waals surface area contributed by atoms with Gasteiger partial charge >= 0.3 is 0 Å². The predicted molar refractivity (Wildman–Crippen MR) is 101 cm³/mol. The summed E-state index contributed by atoms with van der Waals surface area (Å²) in [7, 11) is 4.88. The van der Waals surface area contributed by atoms with E-state index in [1.165, 1.54) is 32.2 Å². The van der Waals surface area contributed by atoms with E-state index in [0.29, 0.717) is 36.5 Å². The molecule has 1 aromatic carbocycles. The van der Waals surface area contributed by atoms with Crippen LogP contribution in [0.1, 0.15) is 23.7 Å². The third-order valence-corrected chi connectivity index (χ3v) is 4.61. The van der Waals surface area contributed by atoms with Crippen LogP contribution in [0.3, 0.4) is 0 Å². The molecule has 1 aromatic heterocycles. The van der Waals surface area contributed by atoms with E-state index in [1.54, 1.807) is 23.9 Å². The highest BCUT2D eigenvalue weighted by molar-refractivity contribution is 6.04. The lowest BCUT2D eigenvalue weighted by Crippen LogP contribution is -2.37. The molecule has 1 aliphatic rings. The number of likely N-dealkylation sites (tertiary alicyclic amines) is 1. The van der Waals surface area contributed by atoms with E-state index in [0.717, 1.165) is 0 Å². The first-order valence-corrected chi connectivity index (χ1v) is 8.89. The third kappa shape index (κ3) is 3.78. The normalized spacial score (nSPS) is 16.2. The van der Waals surface area contributed by atoms with Crippen LogP contribution in [0.25, 0.3) is 11.3 Å². The average Bonchev–Trinajstić information content (AvgIpc) is 3.28. The number of carbonyl (C=O) groups excluding carboxylic acids is 2. The Morgan fingerprint density at radius 2 is 2.14 bits per heavy atom. The Morgan fingerprint density at radius 3 is 2.79 bits per heavy atom. The summed E-state index contributed by atoms with van der Waals surface area (Å²) in [5, 5.41) is 6.87. The molecule has 0 saturated carbocycles. The number of hydrogen-bond donors (Lipinski definition) is 1. The summed E-state index contributed by atoms with van der Waals surface area (Å²) < 4.78 is 24.3. The highest BCUT2D eigenvalue weighted by Crippen LogP contribution is 2.34. The Hall–Kier alpha value is -3.10. The highest BCUT2D eigenvalue weighted by atomic mass is 19.1. The summed E-state index contributed by atoms with van der Waals surface area (Å²) >= 11 is 0. The molecule has 1 saturated heterocycles. The second-order valence-electron chi connectivity index (χ2n) is 6.89. The lowest BCUT2D eigenvalue weighted by Gasteiger charge is -2.18. The molecule has 9 heteroatoms. The van der Waals surface area contributed by atoms with E-state index >= 15 is 0 Å². The van der Waals surface area contributed by atoms with Gasteiger partial charge in [-0.3, -0.25) is 9.59 Å². The molecule has 150 valence electrons. The van der Waals surface area contributed by atoms with Gasteiger partial charge in [0.05, 0.1) is 7.11 Å². The second kappa shape index (κ2) is 7.87. The molecule has 2 aromatic rings. The smallest absolute Gasteiger partial charge is 0.261 e. The van der Waals surface area contributed by atoms with Gasteiger partial charge in [-0.2, -0.15) is 0 Å². The molecule has 0 radical (unpaired) electrons. The standard InChI is InChI=1S/C19H23FN4O4/c1-11(25)21-13-7-8-24(10-13)19(26)16-17(28-22-18(16)23(2)3)12-5-6-14(20)15(9-12)27-4/h5-6,9,13H,7-8,10H2,1-4H3,(H,21,25)/t13-/m0/s1. The largest absolute Gasteiger partial charge is 0.494 e. The van der Waals surface area contributed by atoms with E-state index in [1.807, 2.05) is 0 Å². The van der Waals surface area contributed by atoms with Crippen molar-refractivity contribution in [1.82, 2.24) is 15.4 Å². The lowest BCUT2D eigenvalue weighted by atomic mass is 10.1. The van der Waals surface area contributed by atoms with Gasteiger partial charge in [-0.15, -0.1) is 0 Å². The molecule has 0 unspecified atom stereocenters. The number of anilines is 1. The van der Waals surface area contributed by atoms with Gasteiger partial charge in [0.15, 0.2) is 23.1 Å². The van der Waals surface area contributed by atoms with Crippen molar-refractivity contribution in [3.63, 3.8) is 0 Å². The molecule has 1 fully saturated rings. The quantitative estimate of drug-likeness (QED) is 0.839. The van der Waals surface area contributed by atoms with Crippen molar-refractivity contribution in [2.45, 2.75) is 19.4 Å². The number of aromatic nitrogens is 1. The molecule has 28 heavy (non-hydrogen) atoms. The van der Waals surface area contributed by atoms with Crippen LogP contribution in [0.5, 0.6) is 5.75 Å². The minimum Gasteiger partial charge on any atom is -0.494 e. The Bertz CT molecular complexity index is 896. The van der Waals surface area contributed by atoms with Crippen LogP contribution in [0.4, 0.5) is 10.2 Å². The molecule has 8 nitrogen and oxygen atoms in total. The van der Waals surface area contributed by atoms with Crippen molar-refractivity contribution < 1.29 is 23.2 Å². The van der Waals surface area contributed by atoms with Gasteiger partial charge in [0, 0.05) is 45.7 Å². The maximum absolute atomic E-state index is 13.8. The van der Waals surface area contributed by atoms with Crippen molar-refractivity contribution in [3.05, 3.63) is 29.6 Å². The van der Waals surface area contributed by atoms with Crippen LogP contribution in [0, 0.1) is 5.82 Å². The van der Waals surface area contributed by atoms with Crippen molar-refractivity contribution in [2.75, 3.05) is 39.2 Å². The van der Waals surface area contributed by atoms with Crippen LogP contribution in [-0.2, 0) is 4.79 Å². The van der Waals surface area contributed by atoms with Crippen LogP contribution in [0.2, 0.25) is 0 Å². The molecule has 0 aliphatic carbocycles. The first kappa shape index (κ1) is 19.7. The maximum atomic E-state index is 13.8. The van der Waals surface area contributed by atoms with E-state index < -0.39 is 5.82 Å². The second-order valence-corrected chi connectivity index (χ2v) is 6.89. The number of rotatable bonds is 5. The molecule has 0 bridgehead atoms. The number of nitrogens with zero attached hydrogens (tertiary/aromatic N) is 3. The van der Waals surface area contributed by atoms with Crippen LogP contribution < -0.4 is 15.0 Å². The third-order valence-electron chi connectivity index (χ3n) is 4.61. The number of benzene rings is 1. The SMILES string of the molecule is COc1cc(-c2onc(N(C)C)c2C(=O)N2CC[C@H](NC(C)=O)C2)ccc1F. The zero-order valence-electron chi connectivity index (χ0n) is 16.3. The summed E-state index contributed by atoms with van der Waals surface area (Å²) in [6.07, 6.45) is 0.674. The minimum absolute atomic E-state index is 0.0468. The van der Waals surface area contributed by atoms with Gasteiger partial charge in [0.2, 0.25) is 5.91 Å². The number of methoxy groups -OCH3 is 1. The number of hydrogen-bond acceptors (Lipinski definition) is 6. The number of nitrogens with one attached hydrogen (secondary N) is 1. The Balaban J connectivity index is 1.97. The molecule has 1 aliphatic heterocycles. The van der Waals surface area contributed by atoms with Gasteiger partial charge in [0.25, 0.3) is 5.91 Å². The summed E-state index contributed by atoms with van der Waals surface area (Å²) in [4.78, 5) is 27.9.